The summed E-state index contributed by atoms with van der Waals surface area (Å²) in [5.41, 5.74) is 12.0. The van der Waals surface area contributed by atoms with Crippen molar-refractivity contribution in [2.24, 2.45) is 16.8 Å². The zero-order chi connectivity index (χ0) is 14.9. The molecule has 0 spiro atoms. The highest BCUT2D eigenvalue weighted by molar-refractivity contribution is 7.89. The van der Waals surface area contributed by atoms with E-state index in [4.69, 9.17) is 16.6 Å². The fourth-order valence-corrected chi connectivity index (χ4v) is 2.98. The molecule has 0 radical (unpaired) electrons. The quantitative estimate of drug-likeness (QED) is 0.654. The van der Waals surface area contributed by atoms with E-state index in [0.717, 1.165) is 19.4 Å². The number of rotatable bonds is 3. The molecule has 2 rings (SSSR count). The van der Waals surface area contributed by atoms with Gasteiger partial charge >= 0.3 is 0 Å². The molecule has 6 N–H and O–H groups in total. The number of nitrogens with two attached hydrogens (primary N) is 3. The van der Waals surface area contributed by atoms with Crippen molar-refractivity contribution in [1.29, 1.82) is 0 Å². The van der Waals surface area contributed by atoms with E-state index in [2.05, 4.69) is 0 Å². The van der Waals surface area contributed by atoms with Gasteiger partial charge in [0.25, 0.3) is 0 Å². The van der Waals surface area contributed by atoms with Gasteiger partial charge in [0, 0.05) is 24.5 Å². The molecular weight excluding hydrogens is 280 g/mol. The number of nitrogens with zero attached hydrogens (tertiary/aromatic N) is 1. The topological polar surface area (TPSA) is 133 Å². The molecule has 0 aliphatic carbocycles. The van der Waals surface area contributed by atoms with Crippen molar-refractivity contribution >= 4 is 27.3 Å². The lowest BCUT2D eigenvalue weighted by Crippen LogP contribution is -2.41. The van der Waals surface area contributed by atoms with Crippen LogP contribution in [0, 0.1) is 5.92 Å². The van der Waals surface area contributed by atoms with Gasteiger partial charge in [0.2, 0.25) is 15.9 Å². The number of sulfonamides is 1. The molecule has 1 saturated heterocycles. The second-order valence-corrected chi connectivity index (χ2v) is 6.55. The predicted octanol–water partition coefficient (Wildman–Crippen LogP) is -0.382. The van der Waals surface area contributed by atoms with Crippen LogP contribution in [0.5, 0.6) is 0 Å². The van der Waals surface area contributed by atoms with E-state index >= 15 is 0 Å². The van der Waals surface area contributed by atoms with Crippen molar-refractivity contribution < 1.29 is 13.2 Å². The maximum Gasteiger partial charge on any atom is 0.238 e. The molecule has 1 aromatic carbocycles. The Labute approximate surface area is 117 Å². The van der Waals surface area contributed by atoms with Crippen LogP contribution >= 0.6 is 0 Å². The van der Waals surface area contributed by atoms with Gasteiger partial charge < -0.3 is 16.4 Å². The number of hydrogen-bond donors (Lipinski definition) is 3. The fraction of sp³-hybridized carbons (Fsp3) is 0.417. The summed E-state index contributed by atoms with van der Waals surface area (Å²) in [6.45, 7) is 1.18. The number of amides is 1. The van der Waals surface area contributed by atoms with Crippen LogP contribution in [0.4, 0.5) is 11.4 Å². The molecule has 1 unspecified atom stereocenters. The van der Waals surface area contributed by atoms with Gasteiger partial charge in [-0.25, -0.2) is 13.6 Å². The first-order valence-electron chi connectivity index (χ1n) is 6.25. The van der Waals surface area contributed by atoms with Crippen molar-refractivity contribution in [1.82, 2.24) is 0 Å². The minimum atomic E-state index is -3.81. The summed E-state index contributed by atoms with van der Waals surface area (Å²) in [5, 5.41) is 5.12. The van der Waals surface area contributed by atoms with E-state index in [1.807, 2.05) is 4.90 Å². The van der Waals surface area contributed by atoms with Crippen molar-refractivity contribution in [3.63, 3.8) is 0 Å². The maximum absolute atomic E-state index is 11.4. The summed E-state index contributed by atoms with van der Waals surface area (Å²) >= 11 is 0. The molecule has 1 aliphatic heterocycles. The Morgan fingerprint density at radius 3 is 2.60 bits per heavy atom. The number of carbonyl (C=O) groups excluding carboxylic acids is 1. The number of carbonyl (C=O) groups is 1. The van der Waals surface area contributed by atoms with Crippen molar-refractivity contribution in [3.8, 4) is 0 Å². The third kappa shape index (κ3) is 3.20. The van der Waals surface area contributed by atoms with Crippen molar-refractivity contribution in [2.75, 3.05) is 23.7 Å². The van der Waals surface area contributed by atoms with Gasteiger partial charge in [-0.3, -0.25) is 4.79 Å². The predicted molar refractivity (Wildman–Crippen MR) is 76.4 cm³/mol. The number of benzene rings is 1. The molecule has 7 nitrogen and oxygen atoms in total. The fourth-order valence-electron chi connectivity index (χ4n) is 2.40. The van der Waals surface area contributed by atoms with Crippen LogP contribution in [0.3, 0.4) is 0 Å². The highest BCUT2D eigenvalue weighted by Gasteiger charge is 2.25. The van der Waals surface area contributed by atoms with Gasteiger partial charge in [-0.2, -0.15) is 0 Å². The summed E-state index contributed by atoms with van der Waals surface area (Å²) < 4.78 is 22.8. The molecule has 1 aliphatic rings. The van der Waals surface area contributed by atoms with E-state index in [-0.39, 0.29) is 16.7 Å². The molecule has 0 saturated carbocycles. The molecule has 0 aromatic heterocycles. The molecule has 1 atom stereocenters. The average Bonchev–Trinajstić information content (AvgIpc) is 2.37. The molecule has 1 aromatic rings. The number of primary amides is 1. The molecule has 8 heteroatoms. The highest BCUT2D eigenvalue weighted by Crippen LogP contribution is 2.27. The van der Waals surface area contributed by atoms with Crippen LogP contribution in [0.15, 0.2) is 23.1 Å². The Kier molecular flexibility index (Phi) is 3.87. The van der Waals surface area contributed by atoms with Crippen molar-refractivity contribution in [2.45, 2.75) is 17.7 Å². The van der Waals surface area contributed by atoms with Gasteiger partial charge in [0.05, 0.1) is 10.8 Å². The number of anilines is 2. The summed E-state index contributed by atoms with van der Waals surface area (Å²) in [6, 6.07) is 4.45. The highest BCUT2D eigenvalue weighted by atomic mass is 32.2. The lowest BCUT2D eigenvalue weighted by molar-refractivity contribution is -0.122. The van der Waals surface area contributed by atoms with E-state index in [1.54, 1.807) is 6.07 Å². The monoisotopic (exact) mass is 298 g/mol. The third-order valence-electron chi connectivity index (χ3n) is 3.43. The normalized spacial score (nSPS) is 19.9. The van der Waals surface area contributed by atoms with E-state index < -0.39 is 10.0 Å². The van der Waals surface area contributed by atoms with E-state index in [1.165, 1.54) is 12.1 Å². The molecule has 1 fully saturated rings. The number of hydrogen-bond acceptors (Lipinski definition) is 5. The molecular formula is C12H18N4O3S. The Hall–Kier alpha value is -1.80. The van der Waals surface area contributed by atoms with Gasteiger partial charge in [0.15, 0.2) is 0 Å². The molecule has 110 valence electrons. The van der Waals surface area contributed by atoms with Crippen LogP contribution in [0.1, 0.15) is 12.8 Å². The van der Waals surface area contributed by atoms with Crippen molar-refractivity contribution in [3.05, 3.63) is 18.2 Å². The first kappa shape index (κ1) is 14.6. The number of piperidine rings is 1. The Morgan fingerprint density at radius 1 is 1.30 bits per heavy atom. The summed E-state index contributed by atoms with van der Waals surface area (Å²) in [6.07, 6.45) is 1.56. The van der Waals surface area contributed by atoms with Gasteiger partial charge in [-0.05, 0) is 31.0 Å². The zero-order valence-corrected chi connectivity index (χ0v) is 11.8. The lowest BCUT2D eigenvalue weighted by Gasteiger charge is -2.33. The van der Waals surface area contributed by atoms with Crippen LogP contribution in [0.2, 0.25) is 0 Å². The Bertz CT molecular complexity index is 630. The van der Waals surface area contributed by atoms with Crippen LogP contribution in [-0.2, 0) is 14.8 Å². The largest absolute Gasteiger partial charge is 0.399 e. The van der Waals surface area contributed by atoms with E-state index in [9.17, 15) is 13.2 Å². The second-order valence-electron chi connectivity index (χ2n) is 4.99. The molecule has 1 amide bonds. The smallest absolute Gasteiger partial charge is 0.238 e. The van der Waals surface area contributed by atoms with Crippen LogP contribution in [0.25, 0.3) is 0 Å². The summed E-state index contributed by atoms with van der Waals surface area (Å²) in [4.78, 5) is 13.2. The first-order chi connectivity index (χ1) is 9.27. The lowest BCUT2D eigenvalue weighted by atomic mass is 9.97. The van der Waals surface area contributed by atoms with Gasteiger partial charge in [-0.15, -0.1) is 0 Å². The van der Waals surface area contributed by atoms with E-state index in [0.29, 0.717) is 17.9 Å². The van der Waals surface area contributed by atoms with Gasteiger partial charge in [0.1, 0.15) is 0 Å². The Morgan fingerprint density at radius 2 is 2.00 bits per heavy atom. The Balaban J connectivity index is 2.33. The van der Waals surface area contributed by atoms with Crippen LogP contribution < -0.4 is 21.5 Å². The first-order valence-corrected chi connectivity index (χ1v) is 7.79. The number of nitrogen functional groups attached to an aromatic ring is 1. The molecule has 1 heterocycles. The zero-order valence-electron chi connectivity index (χ0n) is 11.0. The summed E-state index contributed by atoms with van der Waals surface area (Å²) in [7, 11) is -3.81. The molecule has 0 bridgehead atoms. The SMILES string of the molecule is NC(=O)C1CCCN(c2cc(N)cc(S(N)(=O)=O)c2)C1. The van der Waals surface area contributed by atoms with Gasteiger partial charge in [-0.1, -0.05) is 0 Å². The summed E-state index contributed by atoms with van der Waals surface area (Å²) in [5.74, 6) is -0.576. The minimum absolute atomic E-state index is 0.0336. The minimum Gasteiger partial charge on any atom is -0.399 e. The third-order valence-corrected chi connectivity index (χ3v) is 4.32. The molecule has 20 heavy (non-hydrogen) atoms. The van der Waals surface area contributed by atoms with Crippen LogP contribution in [-0.4, -0.2) is 27.4 Å². The number of primary sulfonamides is 1. The standard InChI is InChI=1S/C12H18N4O3S/c13-9-4-10(6-11(5-9)20(15,18)19)16-3-1-2-8(7-16)12(14)17/h4-6,8H,1-3,7,13H2,(H2,14,17)(H2,15,18,19). The maximum atomic E-state index is 11.4. The average molecular weight is 298 g/mol. The second kappa shape index (κ2) is 5.29.